The first-order valence-corrected chi connectivity index (χ1v) is 17.9. The standard InChI is InChI=1S/C44H36N2O3S/c47-43(46-35-18-2-1-3-19-35)42-39-22-8-9-23-41(39)50-44(42)45-27-32-24-25-36(48-28-33-16-10-14-30-12-4-6-20-37(30)33)26-40(32)49-29-34-17-11-15-31-13-5-7-21-38(31)34/h1-7,10-21,24-27H,8-9,22-23,28-29H2,(H,46,47). The number of amides is 1. The smallest absolute Gasteiger partial charge is 0.259 e. The van der Waals surface area contributed by atoms with Crippen LogP contribution in [0, 0.1) is 0 Å². The van der Waals surface area contributed by atoms with Gasteiger partial charge in [-0.3, -0.25) is 4.79 Å². The average molecular weight is 673 g/mol. The number of ether oxygens (including phenoxy) is 2. The average Bonchev–Trinajstić information content (AvgIpc) is 3.54. The number of benzene rings is 6. The number of carbonyl (C=O) groups excluding carboxylic acids is 1. The van der Waals surface area contributed by atoms with Crippen molar-refractivity contribution in [2.45, 2.75) is 38.9 Å². The molecule has 1 aliphatic carbocycles. The summed E-state index contributed by atoms with van der Waals surface area (Å²) >= 11 is 1.62. The second-order valence-corrected chi connectivity index (χ2v) is 13.6. The lowest BCUT2D eigenvalue weighted by Crippen LogP contribution is -2.14. The number of nitrogens with zero attached hydrogens (tertiary/aromatic N) is 1. The van der Waals surface area contributed by atoms with Crippen molar-refractivity contribution in [1.82, 2.24) is 0 Å². The fraction of sp³-hybridized carbons (Fsp3) is 0.136. The third-order valence-electron chi connectivity index (χ3n) is 9.25. The highest BCUT2D eigenvalue weighted by Gasteiger charge is 2.25. The van der Waals surface area contributed by atoms with Gasteiger partial charge in [-0.15, -0.1) is 11.3 Å². The molecule has 8 rings (SSSR count). The number of nitrogens with one attached hydrogen (secondary N) is 1. The van der Waals surface area contributed by atoms with Crippen LogP contribution in [0.25, 0.3) is 21.5 Å². The molecule has 0 fully saturated rings. The molecule has 0 unspecified atom stereocenters. The predicted octanol–water partition coefficient (Wildman–Crippen LogP) is 11.1. The normalized spacial score (nSPS) is 12.6. The number of para-hydroxylation sites is 1. The summed E-state index contributed by atoms with van der Waals surface area (Å²) in [5, 5.41) is 8.51. The Labute approximate surface area is 295 Å². The van der Waals surface area contributed by atoms with Gasteiger partial charge in [0.15, 0.2) is 0 Å². The van der Waals surface area contributed by atoms with Gasteiger partial charge >= 0.3 is 0 Å². The van der Waals surface area contributed by atoms with Crippen molar-refractivity contribution in [3.8, 4) is 11.5 Å². The van der Waals surface area contributed by atoms with E-state index in [4.69, 9.17) is 14.5 Å². The molecular weight excluding hydrogens is 637 g/mol. The van der Waals surface area contributed by atoms with Crippen molar-refractivity contribution in [1.29, 1.82) is 0 Å². The number of anilines is 1. The van der Waals surface area contributed by atoms with Crippen LogP contribution in [0.2, 0.25) is 0 Å². The van der Waals surface area contributed by atoms with E-state index in [2.05, 4.69) is 90.2 Å². The number of rotatable bonds is 10. The maximum atomic E-state index is 13.7. The molecule has 1 N–H and O–H groups in total. The molecule has 1 aromatic heterocycles. The van der Waals surface area contributed by atoms with E-state index < -0.39 is 0 Å². The van der Waals surface area contributed by atoms with Crippen LogP contribution in [0.1, 0.15) is 50.3 Å². The predicted molar refractivity (Wildman–Crippen MR) is 206 cm³/mol. The number of hydrogen-bond donors (Lipinski definition) is 1. The second kappa shape index (κ2) is 14.4. The van der Waals surface area contributed by atoms with Gasteiger partial charge in [0.1, 0.15) is 29.7 Å². The van der Waals surface area contributed by atoms with Crippen molar-refractivity contribution < 1.29 is 14.3 Å². The van der Waals surface area contributed by atoms with Gasteiger partial charge in [-0.2, -0.15) is 0 Å². The lowest BCUT2D eigenvalue weighted by Gasteiger charge is -2.14. The summed E-state index contributed by atoms with van der Waals surface area (Å²) in [7, 11) is 0. The Morgan fingerprint density at radius 1 is 0.700 bits per heavy atom. The Hall–Kier alpha value is -5.72. The van der Waals surface area contributed by atoms with E-state index in [-0.39, 0.29) is 5.91 Å². The lowest BCUT2D eigenvalue weighted by atomic mass is 9.95. The summed E-state index contributed by atoms with van der Waals surface area (Å²) in [5.74, 6) is 1.25. The molecule has 50 heavy (non-hydrogen) atoms. The minimum atomic E-state index is -0.118. The molecule has 6 heteroatoms. The number of carbonyl (C=O) groups is 1. The van der Waals surface area contributed by atoms with Crippen LogP contribution in [-0.4, -0.2) is 12.1 Å². The van der Waals surface area contributed by atoms with Crippen LogP contribution < -0.4 is 14.8 Å². The van der Waals surface area contributed by atoms with Gasteiger partial charge in [0, 0.05) is 28.4 Å². The van der Waals surface area contributed by atoms with Crippen molar-refractivity contribution in [2.75, 3.05) is 5.32 Å². The largest absolute Gasteiger partial charge is 0.489 e. The molecule has 0 saturated carbocycles. The van der Waals surface area contributed by atoms with Gasteiger partial charge in [-0.1, -0.05) is 103 Å². The number of fused-ring (bicyclic) bond motifs is 3. The number of thiophene rings is 1. The Balaban J connectivity index is 1.11. The summed E-state index contributed by atoms with van der Waals surface area (Å²) in [5.41, 5.74) is 5.60. The van der Waals surface area contributed by atoms with Crippen LogP contribution in [-0.2, 0) is 26.1 Å². The molecule has 1 heterocycles. The SMILES string of the molecule is O=C(Nc1ccccc1)c1c(N=Cc2ccc(OCc3cccc4ccccc34)cc2OCc2cccc3ccccc23)sc2c1CCCC2. The molecule has 1 amide bonds. The van der Waals surface area contributed by atoms with Crippen molar-refractivity contribution >= 4 is 55.7 Å². The number of aryl methyl sites for hydroxylation is 1. The van der Waals surface area contributed by atoms with Crippen LogP contribution >= 0.6 is 11.3 Å². The van der Waals surface area contributed by atoms with Gasteiger partial charge in [0.05, 0.1) is 5.56 Å². The van der Waals surface area contributed by atoms with E-state index in [0.29, 0.717) is 30.3 Å². The Morgan fingerprint density at radius 3 is 2.08 bits per heavy atom. The third-order valence-corrected chi connectivity index (χ3v) is 10.5. The Bertz CT molecular complexity index is 2330. The van der Waals surface area contributed by atoms with Crippen molar-refractivity contribution in [3.63, 3.8) is 0 Å². The Kier molecular flexibility index (Phi) is 9.09. The molecule has 5 nitrogen and oxygen atoms in total. The summed E-state index contributed by atoms with van der Waals surface area (Å²) in [6.45, 7) is 0.811. The molecule has 0 spiro atoms. The Morgan fingerprint density at radius 2 is 1.34 bits per heavy atom. The quantitative estimate of drug-likeness (QED) is 0.147. The van der Waals surface area contributed by atoms with Gasteiger partial charge in [0.2, 0.25) is 0 Å². The first-order chi connectivity index (χ1) is 24.7. The molecule has 0 aliphatic heterocycles. The highest BCUT2D eigenvalue weighted by molar-refractivity contribution is 7.16. The van der Waals surface area contributed by atoms with Crippen molar-refractivity contribution in [3.05, 3.63) is 166 Å². The minimum Gasteiger partial charge on any atom is -0.489 e. The van der Waals surface area contributed by atoms with Crippen molar-refractivity contribution in [2.24, 2.45) is 4.99 Å². The van der Waals surface area contributed by atoms with E-state index >= 15 is 0 Å². The van der Waals surface area contributed by atoms with Gasteiger partial charge in [0.25, 0.3) is 5.91 Å². The first-order valence-electron chi connectivity index (χ1n) is 17.1. The topological polar surface area (TPSA) is 59.9 Å². The zero-order chi connectivity index (χ0) is 33.7. The zero-order valence-electron chi connectivity index (χ0n) is 27.6. The van der Waals surface area contributed by atoms with E-state index in [0.717, 1.165) is 64.0 Å². The fourth-order valence-electron chi connectivity index (χ4n) is 6.71. The van der Waals surface area contributed by atoms with E-state index in [1.165, 1.54) is 21.0 Å². The summed E-state index contributed by atoms with van der Waals surface area (Å²) in [4.78, 5) is 19.9. The molecule has 7 aromatic rings. The monoisotopic (exact) mass is 672 g/mol. The van der Waals surface area contributed by atoms with Gasteiger partial charge in [-0.25, -0.2) is 4.99 Å². The summed E-state index contributed by atoms with van der Waals surface area (Å²) in [6.07, 6.45) is 5.89. The van der Waals surface area contributed by atoms with Crippen LogP contribution in [0.4, 0.5) is 10.7 Å². The van der Waals surface area contributed by atoms with Gasteiger partial charge < -0.3 is 14.8 Å². The molecule has 0 atom stereocenters. The fourth-order valence-corrected chi connectivity index (χ4v) is 7.94. The summed E-state index contributed by atoms with van der Waals surface area (Å²) < 4.78 is 12.9. The van der Waals surface area contributed by atoms with Crippen LogP contribution in [0.5, 0.6) is 11.5 Å². The zero-order valence-corrected chi connectivity index (χ0v) is 28.4. The molecular formula is C44H36N2O3S. The number of aliphatic imine (C=N–C) groups is 1. The van der Waals surface area contributed by atoms with Gasteiger partial charge in [-0.05, 0) is 88.2 Å². The molecule has 246 valence electrons. The molecule has 0 bridgehead atoms. The third kappa shape index (κ3) is 6.75. The van der Waals surface area contributed by atoms with E-state index in [1.807, 2.05) is 54.7 Å². The molecule has 0 radical (unpaired) electrons. The first kappa shape index (κ1) is 31.5. The maximum absolute atomic E-state index is 13.7. The molecule has 6 aromatic carbocycles. The van der Waals surface area contributed by atoms with Crippen LogP contribution in [0.15, 0.2) is 138 Å². The molecule has 1 aliphatic rings. The second-order valence-electron chi connectivity index (χ2n) is 12.5. The lowest BCUT2D eigenvalue weighted by molar-refractivity contribution is 0.102. The van der Waals surface area contributed by atoms with Crippen LogP contribution in [0.3, 0.4) is 0 Å². The van der Waals surface area contributed by atoms with E-state index in [1.54, 1.807) is 11.3 Å². The highest BCUT2D eigenvalue weighted by atomic mass is 32.1. The minimum absolute atomic E-state index is 0.118. The number of hydrogen-bond acceptors (Lipinski definition) is 5. The highest BCUT2D eigenvalue weighted by Crippen LogP contribution is 2.40. The molecule has 0 saturated heterocycles. The maximum Gasteiger partial charge on any atom is 0.259 e. The summed E-state index contributed by atoms with van der Waals surface area (Å²) in [6, 6.07) is 44.8. The van der Waals surface area contributed by atoms with E-state index in [9.17, 15) is 4.79 Å².